The number of aliphatic hydroxyl groups excluding tert-OH is 1. The van der Waals surface area contributed by atoms with E-state index in [1.165, 1.54) is 0 Å². The SMILES string of the molecule is Cc1cc(Cl)c(NCC(C)O)cc1Cl. The van der Waals surface area contributed by atoms with E-state index in [1.54, 1.807) is 19.1 Å². The van der Waals surface area contributed by atoms with Gasteiger partial charge in [-0.15, -0.1) is 0 Å². The second-order valence-corrected chi connectivity index (χ2v) is 4.13. The van der Waals surface area contributed by atoms with Crippen molar-refractivity contribution in [1.82, 2.24) is 0 Å². The molecule has 78 valence electrons. The van der Waals surface area contributed by atoms with Gasteiger partial charge in [-0.1, -0.05) is 23.2 Å². The van der Waals surface area contributed by atoms with Gasteiger partial charge in [0.05, 0.1) is 16.8 Å². The standard InChI is InChI=1S/C10H13Cl2NO/c1-6-3-9(12)10(4-8(6)11)13-5-7(2)14/h3-4,7,13-14H,5H2,1-2H3. The Morgan fingerprint density at radius 1 is 1.36 bits per heavy atom. The summed E-state index contributed by atoms with van der Waals surface area (Å²) in [5, 5.41) is 13.4. The van der Waals surface area contributed by atoms with Gasteiger partial charge in [-0.3, -0.25) is 0 Å². The Morgan fingerprint density at radius 2 is 2.00 bits per heavy atom. The number of benzene rings is 1. The number of anilines is 1. The van der Waals surface area contributed by atoms with Gasteiger partial charge in [0.15, 0.2) is 0 Å². The van der Waals surface area contributed by atoms with Crippen molar-refractivity contribution in [2.75, 3.05) is 11.9 Å². The van der Waals surface area contributed by atoms with Crippen molar-refractivity contribution in [1.29, 1.82) is 0 Å². The number of hydrogen-bond donors (Lipinski definition) is 2. The molecule has 0 spiro atoms. The Morgan fingerprint density at radius 3 is 2.57 bits per heavy atom. The molecule has 1 atom stereocenters. The molecular weight excluding hydrogens is 221 g/mol. The number of aliphatic hydroxyl groups is 1. The molecule has 0 amide bonds. The molecule has 0 heterocycles. The minimum absolute atomic E-state index is 0.411. The summed E-state index contributed by atoms with van der Waals surface area (Å²) in [6, 6.07) is 3.57. The second-order valence-electron chi connectivity index (χ2n) is 3.31. The molecule has 1 rings (SSSR count). The first-order valence-electron chi connectivity index (χ1n) is 4.38. The van der Waals surface area contributed by atoms with E-state index in [0.29, 0.717) is 16.6 Å². The average Bonchev–Trinajstić information content (AvgIpc) is 2.09. The van der Waals surface area contributed by atoms with E-state index in [9.17, 15) is 0 Å². The van der Waals surface area contributed by atoms with Gasteiger partial charge in [0.2, 0.25) is 0 Å². The lowest BCUT2D eigenvalue weighted by Gasteiger charge is -2.11. The van der Waals surface area contributed by atoms with Crippen molar-refractivity contribution in [3.8, 4) is 0 Å². The van der Waals surface area contributed by atoms with Gasteiger partial charge in [-0.25, -0.2) is 0 Å². The Labute approximate surface area is 93.8 Å². The lowest BCUT2D eigenvalue weighted by Crippen LogP contribution is -2.15. The maximum atomic E-state index is 9.09. The highest BCUT2D eigenvalue weighted by Gasteiger charge is 2.04. The van der Waals surface area contributed by atoms with Crippen molar-refractivity contribution < 1.29 is 5.11 Å². The molecule has 0 aliphatic heterocycles. The molecule has 0 saturated heterocycles. The molecule has 0 fully saturated rings. The van der Waals surface area contributed by atoms with E-state index < -0.39 is 6.10 Å². The van der Waals surface area contributed by atoms with Gasteiger partial charge in [0.25, 0.3) is 0 Å². The Balaban J connectivity index is 2.82. The van der Waals surface area contributed by atoms with E-state index in [4.69, 9.17) is 28.3 Å². The van der Waals surface area contributed by atoms with Crippen molar-refractivity contribution >= 4 is 28.9 Å². The average molecular weight is 234 g/mol. The molecule has 0 aliphatic rings. The first-order chi connectivity index (χ1) is 6.50. The summed E-state index contributed by atoms with van der Waals surface area (Å²) < 4.78 is 0. The molecule has 0 saturated carbocycles. The van der Waals surface area contributed by atoms with E-state index in [0.717, 1.165) is 11.3 Å². The Kier molecular flexibility index (Phi) is 4.05. The monoisotopic (exact) mass is 233 g/mol. The number of nitrogens with one attached hydrogen (secondary N) is 1. The van der Waals surface area contributed by atoms with Crippen LogP contribution in [-0.2, 0) is 0 Å². The topological polar surface area (TPSA) is 32.3 Å². The minimum atomic E-state index is -0.411. The third kappa shape index (κ3) is 3.05. The molecule has 2 N–H and O–H groups in total. The maximum absolute atomic E-state index is 9.09. The van der Waals surface area contributed by atoms with Gasteiger partial charge in [-0.05, 0) is 31.5 Å². The van der Waals surface area contributed by atoms with Crippen LogP contribution in [0, 0.1) is 6.92 Å². The molecule has 14 heavy (non-hydrogen) atoms. The van der Waals surface area contributed by atoms with E-state index >= 15 is 0 Å². The highest BCUT2D eigenvalue weighted by Crippen LogP contribution is 2.28. The maximum Gasteiger partial charge on any atom is 0.0684 e. The summed E-state index contributed by atoms with van der Waals surface area (Å²) in [6.45, 7) is 4.06. The predicted octanol–water partition coefficient (Wildman–Crippen LogP) is 3.09. The minimum Gasteiger partial charge on any atom is -0.392 e. The Bertz CT molecular complexity index is 326. The summed E-state index contributed by atoms with van der Waals surface area (Å²) in [6.07, 6.45) is -0.411. The highest BCUT2D eigenvalue weighted by atomic mass is 35.5. The zero-order valence-electron chi connectivity index (χ0n) is 8.14. The fraction of sp³-hybridized carbons (Fsp3) is 0.400. The second kappa shape index (κ2) is 4.87. The molecule has 1 aromatic rings. The number of halogens is 2. The van der Waals surface area contributed by atoms with Gasteiger partial charge in [0.1, 0.15) is 0 Å². The highest BCUT2D eigenvalue weighted by molar-refractivity contribution is 6.35. The largest absolute Gasteiger partial charge is 0.392 e. The van der Waals surface area contributed by atoms with Crippen LogP contribution in [0.5, 0.6) is 0 Å². The van der Waals surface area contributed by atoms with Crippen LogP contribution in [-0.4, -0.2) is 17.8 Å². The van der Waals surface area contributed by atoms with Gasteiger partial charge < -0.3 is 10.4 Å². The third-order valence-electron chi connectivity index (χ3n) is 1.84. The smallest absolute Gasteiger partial charge is 0.0684 e. The summed E-state index contributed by atoms with van der Waals surface area (Å²) >= 11 is 11.9. The summed E-state index contributed by atoms with van der Waals surface area (Å²) in [5.41, 5.74) is 1.70. The van der Waals surface area contributed by atoms with Gasteiger partial charge in [0, 0.05) is 11.6 Å². The van der Waals surface area contributed by atoms with Crippen LogP contribution in [0.1, 0.15) is 12.5 Å². The molecule has 0 aromatic heterocycles. The van der Waals surface area contributed by atoms with Crippen LogP contribution >= 0.6 is 23.2 Å². The normalized spacial score (nSPS) is 12.6. The number of aryl methyl sites for hydroxylation is 1. The van der Waals surface area contributed by atoms with Crippen molar-refractivity contribution in [2.45, 2.75) is 20.0 Å². The fourth-order valence-corrected chi connectivity index (χ4v) is 1.49. The molecule has 4 heteroatoms. The van der Waals surface area contributed by atoms with E-state index in [2.05, 4.69) is 5.32 Å². The van der Waals surface area contributed by atoms with Gasteiger partial charge in [-0.2, -0.15) is 0 Å². The molecule has 2 nitrogen and oxygen atoms in total. The molecular formula is C10H13Cl2NO. The molecule has 1 unspecified atom stereocenters. The fourth-order valence-electron chi connectivity index (χ4n) is 1.04. The summed E-state index contributed by atoms with van der Waals surface area (Å²) in [7, 11) is 0. The van der Waals surface area contributed by atoms with Crippen LogP contribution in [0.25, 0.3) is 0 Å². The zero-order valence-corrected chi connectivity index (χ0v) is 9.65. The van der Waals surface area contributed by atoms with Crippen molar-refractivity contribution in [3.05, 3.63) is 27.7 Å². The van der Waals surface area contributed by atoms with E-state index in [-0.39, 0.29) is 0 Å². The molecule has 1 aromatic carbocycles. The van der Waals surface area contributed by atoms with Crippen LogP contribution < -0.4 is 5.32 Å². The molecule has 0 radical (unpaired) electrons. The predicted molar refractivity (Wildman–Crippen MR) is 61.4 cm³/mol. The Hall–Kier alpha value is -0.440. The first kappa shape index (κ1) is 11.6. The van der Waals surface area contributed by atoms with Crippen molar-refractivity contribution in [2.24, 2.45) is 0 Å². The lowest BCUT2D eigenvalue weighted by molar-refractivity contribution is 0.208. The first-order valence-corrected chi connectivity index (χ1v) is 5.14. The number of rotatable bonds is 3. The number of hydrogen-bond acceptors (Lipinski definition) is 2. The van der Waals surface area contributed by atoms with Crippen LogP contribution in [0.3, 0.4) is 0 Å². The van der Waals surface area contributed by atoms with Crippen LogP contribution in [0.2, 0.25) is 10.0 Å². The van der Waals surface area contributed by atoms with Crippen molar-refractivity contribution in [3.63, 3.8) is 0 Å². The quantitative estimate of drug-likeness (QED) is 0.842. The lowest BCUT2D eigenvalue weighted by atomic mass is 10.2. The zero-order chi connectivity index (χ0) is 10.7. The van der Waals surface area contributed by atoms with Crippen LogP contribution in [0.15, 0.2) is 12.1 Å². The summed E-state index contributed by atoms with van der Waals surface area (Å²) in [5.74, 6) is 0. The summed E-state index contributed by atoms with van der Waals surface area (Å²) in [4.78, 5) is 0. The molecule has 0 bridgehead atoms. The third-order valence-corrected chi connectivity index (χ3v) is 2.56. The van der Waals surface area contributed by atoms with Crippen LogP contribution in [0.4, 0.5) is 5.69 Å². The van der Waals surface area contributed by atoms with Gasteiger partial charge >= 0.3 is 0 Å². The molecule has 0 aliphatic carbocycles. The van der Waals surface area contributed by atoms with E-state index in [1.807, 2.05) is 6.92 Å².